The third kappa shape index (κ3) is 2.45. The maximum Gasteiger partial charge on any atom is 0.353 e. The minimum atomic E-state index is -1.27. The summed E-state index contributed by atoms with van der Waals surface area (Å²) in [5.74, 6) is -1.53. The van der Waals surface area contributed by atoms with Crippen LogP contribution in [0.4, 0.5) is 5.69 Å². The van der Waals surface area contributed by atoms with Gasteiger partial charge in [0.25, 0.3) is 11.6 Å². The molecule has 2 atom stereocenters. The molecule has 10 heteroatoms. The maximum absolute atomic E-state index is 12.5. The molecule has 3 N–H and O–H groups in total. The number of halogens is 1. The van der Waals surface area contributed by atoms with Gasteiger partial charge in [0.05, 0.1) is 9.96 Å². The van der Waals surface area contributed by atoms with Crippen LogP contribution in [0.5, 0.6) is 0 Å². The quantitative estimate of drug-likeness (QED) is 0.465. The van der Waals surface area contributed by atoms with Crippen molar-refractivity contribution >= 4 is 40.9 Å². The molecule has 0 spiro atoms. The van der Waals surface area contributed by atoms with E-state index in [0.29, 0.717) is 5.56 Å². The molecule has 24 heavy (non-hydrogen) atoms. The predicted molar refractivity (Wildman–Crippen MR) is 87.3 cm³/mol. The van der Waals surface area contributed by atoms with Crippen molar-refractivity contribution < 1.29 is 19.6 Å². The van der Waals surface area contributed by atoms with Gasteiger partial charge in [0.15, 0.2) is 0 Å². The number of nitrogens with two attached hydrogens (primary N) is 1. The van der Waals surface area contributed by atoms with Crippen LogP contribution in [0.2, 0.25) is 0 Å². The van der Waals surface area contributed by atoms with Crippen LogP contribution in [0, 0.1) is 10.1 Å². The summed E-state index contributed by atoms with van der Waals surface area (Å²) in [6.45, 7) is 0. The summed E-state index contributed by atoms with van der Waals surface area (Å²) >= 11 is 7.22. The molecule has 8 nitrogen and oxygen atoms in total. The number of aliphatic carboxylic acids is 1. The van der Waals surface area contributed by atoms with Crippen molar-refractivity contribution in [3.05, 3.63) is 50.7 Å². The molecular formula is C14H12ClN3O5S. The van der Waals surface area contributed by atoms with Gasteiger partial charge in [-0.1, -0.05) is 23.7 Å². The van der Waals surface area contributed by atoms with E-state index >= 15 is 0 Å². The number of carboxylic acids is 1. The lowest BCUT2D eigenvalue weighted by atomic mass is 9.82. The van der Waals surface area contributed by atoms with Crippen molar-refractivity contribution in [1.82, 2.24) is 4.90 Å². The molecule has 0 saturated carbocycles. The molecule has 2 aliphatic heterocycles. The number of amides is 1. The maximum atomic E-state index is 12.5. The molecule has 1 fully saturated rings. The smallest absolute Gasteiger partial charge is 0.353 e. The second-order valence-corrected chi connectivity index (χ2v) is 7.06. The number of carboxylic acid groups (broad SMARTS) is 1. The third-order valence-corrected chi connectivity index (χ3v) is 5.88. The van der Waals surface area contributed by atoms with E-state index in [4.69, 9.17) is 17.3 Å². The number of carbonyl (C=O) groups is 2. The van der Waals surface area contributed by atoms with Crippen molar-refractivity contribution in [1.29, 1.82) is 0 Å². The Kier molecular flexibility index (Phi) is 4.02. The van der Waals surface area contributed by atoms with E-state index in [0.717, 1.165) is 4.90 Å². The molecule has 1 amide bonds. The highest BCUT2D eigenvalue weighted by Crippen LogP contribution is 2.46. The number of nitrogens with zero attached hydrogens (tertiary/aromatic N) is 2. The molecule has 1 aromatic carbocycles. The Morgan fingerprint density at radius 2 is 2.12 bits per heavy atom. The highest BCUT2D eigenvalue weighted by atomic mass is 35.5. The molecule has 126 valence electrons. The van der Waals surface area contributed by atoms with Crippen LogP contribution < -0.4 is 5.73 Å². The molecule has 1 aromatic rings. The van der Waals surface area contributed by atoms with E-state index in [1.165, 1.54) is 36.0 Å². The summed E-state index contributed by atoms with van der Waals surface area (Å²) in [6.07, 6.45) is 0.155. The Bertz CT molecular complexity index is 781. The van der Waals surface area contributed by atoms with Gasteiger partial charge in [0.2, 0.25) is 0 Å². The number of nitro benzene ring substituents is 1. The molecule has 0 bridgehead atoms. The SMILES string of the molecule is NC1(Cc2ccc([N+](=O)[O-])cc2)C(=O)N2C(C(=O)O)=C(Cl)CS[C@H]21. The number of non-ortho nitro benzene ring substituents is 1. The molecule has 0 aliphatic carbocycles. The zero-order valence-electron chi connectivity index (χ0n) is 12.1. The third-order valence-electron chi connectivity index (χ3n) is 4.00. The first-order chi connectivity index (χ1) is 11.3. The second-order valence-electron chi connectivity index (χ2n) is 5.54. The normalized spacial score (nSPS) is 26.0. The Balaban J connectivity index is 1.84. The van der Waals surface area contributed by atoms with Gasteiger partial charge in [0, 0.05) is 24.3 Å². The second kappa shape index (κ2) is 5.76. The highest BCUT2D eigenvalue weighted by molar-refractivity contribution is 8.00. The Labute approximate surface area is 145 Å². The first-order valence-electron chi connectivity index (χ1n) is 6.85. The van der Waals surface area contributed by atoms with Crippen LogP contribution in [-0.4, -0.2) is 43.5 Å². The molecule has 1 unspecified atom stereocenters. The molecule has 0 radical (unpaired) electrons. The van der Waals surface area contributed by atoms with Gasteiger partial charge in [-0.3, -0.25) is 19.8 Å². The van der Waals surface area contributed by atoms with Crippen molar-refractivity contribution in [2.24, 2.45) is 5.73 Å². The summed E-state index contributed by atoms with van der Waals surface area (Å²) in [5.41, 5.74) is 5.35. The van der Waals surface area contributed by atoms with Crippen LogP contribution in [0.3, 0.4) is 0 Å². The molecule has 3 rings (SSSR count). The number of rotatable bonds is 4. The van der Waals surface area contributed by atoms with E-state index in [1.54, 1.807) is 0 Å². The molecular weight excluding hydrogens is 358 g/mol. The fraction of sp³-hybridized carbons (Fsp3) is 0.286. The minimum Gasteiger partial charge on any atom is -0.477 e. The van der Waals surface area contributed by atoms with Gasteiger partial charge >= 0.3 is 5.97 Å². The number of benzene rings is 1. The Hall–Kier alpha value is -2.10. The van der Waals surface area contributed by atoms with Crippen molar-refractivity contribution in [2.45, 2.75) is 17.3 Å². The minimum absolute atomic E-state index is 0.0543. The van der Waals surface area contributed by atoms with E-state index in [2.05, 4.69) is 0 Å². The van der Waals surface area contributed by atoms with Crippen LogP contribution in [0.25, 0.3) is 0 Å². The Morgan fingerprint density at radius 1 is 1.50 bits per heavy atom. The van der Waals surface area contributed by atoms with Crippen LogP contribution in [-0.2, 0) is 16.0 Å². The molecule has 1 saturated heterocycles. The fourth-order valence-corrected chi connectivity index (χ4v) is 4.48. The first kappa shape index (κ1) is 16.7. The number of β-lactam (4-membered cyclic amide) rings is 1. The van der Waals surface area contributed by atoms with Gasteiger partial charge in [-0.05, 0) is 5.56 Å². The molecule has 0 aromatic heterocycles. The number of fused-ring (bicyclic) bond motifs is 1. The van der Waals surface area contributed by atoms with Crippen LogP contribution >= 0.6 is 23.4 Å². The van der Waals surface area contributed by atoms with E-state index in [1.807, 2.05) is 0 Å². The summed E-state index contributed by atoms with van der Waals surface area (Å²) in [5, 5.41) is 19.5. The van der Waals surface area contributed by atoms with E-state index in [9.17, 15) is 24.8 Å². The molecule has 2 aliphatic rings. The lowest BCUT2D eigenvalue weighted by molar-refractivity contribution is -0.384. The number of hydrogen-bond acceptors (Lipinski definition) is 6. The van der Waals surface area contributed by atoms with Gasteiger partial charge in [0.1, 0.15) is 16.6 Å². The highest BCUT2D eigenvalue weighted by Gasteiger charge is 2.62. The van der Waals surface area contributed by atoms with Crippen molar-refractivity contribution in [2.75, 3.05) is 5.75 Å². The molecule has 2 heterocycles. The summed E-state index contributed by atoms with van der Waals surface area (Å²) < 4.78 is 0. The van der Waals surface area contributed by atoms with Gasteiger partial charge < -0.3 is 10.8 Å². The topological polar surface area (TPSA) is 127 Å². The van der Waals surface area contributed by atoms with Crippen LogP contribution in [0.1, 0.15) is 5.56 Å². The fourth-order valence-electron chi connectivity index (χ4n) is 2.85. The monoisotopic (exact) mass is 369 g/mol. The summed E-state index contributed by atoms with van der Waals surface area (Å²) in [7, 11) is 0. The van der Waals surface area contributed by atoms with Crippen molar-refractivity contribution in [3.63, 3.8) is 0 Å². The number of nitro groups is 1. The first-order valence-corrected chi connectivity index (χ1v) is 8.28. The van der Waals surface area contributed by atoms with E-state index < -0.39 is 27.7 Å². The van der Waals surface area contributed by atoms with Gasteiger partial charge in [-0.15, -0.1) is 11.8 Å². The predicted octanol–water partition coefficient (Wildman–Crippen LogP) is 1.28. The van der Waals surface area contributed by atoms with Gasteiger partial charge in [-0.2, -0.15) is 0 Å². The largest absolute Gasteiger partial charge is 0.477 e. The number of thioether (sulfide) groups is 1. The number of carbonyl (C=O) groups excluding carboxylic acids is 1. The summed E-state index contributed by atoms with van der Waals surface area (Å²) in [6, 6.07) is 5.76. The average Bonchev–Trinajstić information content (AvgIpc) is 2.54. The average molecular weight is 370 g/mol. The van der Waals surface area contributed by atoms with Crippen LogP contribution in [0.15, 0.2) is 35.0 Å². The zero-order chi connectivity index (χ0) is 17.6. The lowest BCUT2D eigenvalue weighted by Gasteiger charge is -2.55. The van der Waals surface area contributed by atoms with E-state index in [-0.39, 0.29) is 28.6 Å². The Morgan fingerprint density at radius 3 is 2.67 bits per heavy atom. The zero-order valence-corrected chi connectivity index (χ0v) is 13.7. The summed E-state index contributed by atoms with van der Waals surface area (Å²) in [4.78, 5) is 35.1. The van der Waals surface area contributed by atoms with Crippen molar-refractivity contribution in [3.8, 4) is 0 Å². The van der Waals surface area contributed by atoms with Gasteiger partial charge in [-0.25, -0.2) is 4.79 Å². The standard InChI is InChI=1S/C14H12ClN3O5S/c15-9-6-24-13-14(16,12(21)17(13)10(9)11(19)20)5-7-1-3-8(4-2-7)18(22)23/h1-4,13H,5-6,16H2,(H,19,20)/t13-,14?/m0/s1. The lowest BCUT2D eigenvalue weighted by Crippen LogP contribution is -2.78. The number of hydrogen-bond donors (Lipinski definition) is 2.